The minimum absolute atomic E-state index is 0.0266. The fourth-order valence-electron chi connectivity index (χ4n) is 2.24. The molecule has 11 heteroatoms. The second-order valence-corrected chi connectivity index (χ2v) is 5.73. The quantitative estimate of drug-likeness (QED) is 0.782. The first-order chi connectivity index (χ1) is 12.4. The van der Waals surface area contributed by atoms with Crippen molar-refractivity contribution in [2.24, 2.45) is 7.05 Å². The molecule has 0 aliphatic carbocycles. The van der Waals surface area contributed by atoms with Crippen LogP contribution in [0, 0.1) is 0 Å². The van der Waals surface area contributed by atoms with Crippen LogP contribution in [0.1, 0.15) is 34.6 Å². The van der Waals surface area contributed by atoms with Crippen molar-refractivity contribution < 1.29 is 35.9 Å². The lowest BCUT2D eigenvalue weighted by Crippen LogP contribution is -2.28. The summed E-state index contributed by atoms with van der Waals surface area (Å²) in [6.07, 6.45) is -8.30. The predicted octanol–water partition coefficient (Wildman–Crippen LogP) is 3.87. The van der Waals surface area contributed by atoms with Gasteiger partial charge in [-0.15, -0.1) is 0 Å². The van der Waals surface area contributed by atoms with Crippen molar-refractivity contribution in [1.82, 2.24) is 15.1 Å². The zero-order valence-electron chi connectivity index (χ0n) is 14.1. The van der Waals surface area contributed by atoms with Crippen molar-refractivity contribution in [3.8, 4) is 5.75 Å². The van der Waals surface area contributed by atoms with E-state index in [1.54, 1.807) is 0 Å². The number of amides is 1. The number of carbonyl (C=O) groups is 1. The molecule has 27 heavy (non-hydrogen) atoms. The van der Waals surface area contributed by atoms with Crippen molar-refractivity contribution in [2.75, 3.05) is 6.61 Å². The maximum Gasteiger partial charge on any atom is 0.435 e. The number of nitrogens with one attached hydrogen (secondary N) is 1. The van der Waals surface area contributed by atoms with Gasteiger partial charge in [-0.05, 0) is 24.6 Å². The normalized spacial score (nSPS) is 13.3. The Morgan fingerprint density at radius 3 is 2.30 bits per heavy atom. The number of aromatic nitrogens is 2. The minimum atomic E-state index is -4.78. The summed E-state index contributed by atoms with van der Waals surface area (Å²) in [5, 5.41) is 5.66. The Kier molecular flexibility index (Phi) is 5.71. The molecular weight excluding hydrogens is 380 g/mol. The van der Waals surface area contributed by atoms with Crippen LogP contribution in [0.3, 0.4) is 0 Å². The third-order valence-electron chi connectivity index (χ3n) is 3.47. The van der Waals surface area contributed by atoms with Crippen LogP contribution in [0.15, 0.2) is 30.5 Å². The molecule has 1 N–H and O–H groups in total. The number of aryl methyl sites for hydroxylation is 1. The Labute approximate surface area is 149 Å². The van der Waals surface area contributed by atoms with Crippen LogP contribution in [0.4, 0.5) is 26.3 Å². The summed E-state index contributed by atoms with van der Waals surface area (Å²) < 4.78 is 80.6. The maximum absolute atomic E-state index is 12.9. The van der Waals surface area contributed by atoms with E-state index in [9.17, 15) is 31.1 Å². The summed E-state index contributed by atoms with van der Waals surface area (Å²) in [5.41, 5.74) is -1.45. The summed E-state index contributed by atoms with van der Waals surface area (Å²) in [4.78, 5) is 12.2. The molecule has 1 aromatic heterocycles. The molecule has 0 aliphatic rings. The third kappa shape index (κ3) is 5.63. The topological polar surface area (TPSA) is 56.2 Å². The van der Waals surface area contributed by atoms with Crippen LogP contribution in [0.5, 0.6) is 5.75 Å². The van der Waals surface area contributed by atoms with E-state index in [-0.39, 0.29) is 5.75 Å². The third-order valence-corrected chi connectivity index (χ3v) is 3.47. The highest BCUT2D eigenvalue weighted by atomic mass is 19.4. The second kappa shape index (κ2) is 7.49. The first-order valence-electron chi connectivity index (χ1n) is 7.58. The molecule has 5 nitrogen and oxygen atoms in total. The molecule has 1 heterocycles. The number of carbonyl (C=O) groups excluding carboxylic acids is 1. The van der Waals surface area contributed by atoms with Crippen LogP contribution in [-0.4, -0.2) is 28.5 Å². The molecule has 0 spiro atoms. The first kappa shape index (κ1) is 20.6. The number of ether oxygens (including phenoxy) is 1. The highest BCUT2D eigenvalue weighted by molar-refractivity contribution is 5.95. The minimum Gasteiger partial charge on any atom is -0.484 e. The van der Waals surface area contributed by atoms with Gasteiger partial charge >= 0.3 is 12.4 Å². The molecule has 1 unspecified atom stereocenters. The fraction of sp³-hybridized carbons (Fsp3) is 0.375. The molecule has 1 aromatic carbocycles. The highest BCUT2D eigenvalue weighted by Crippen LogP contribution is 2.31. The highest BCUT2D eigenvalue weighted by Gasteiger charge is 2.39. The van der Waals surface area contributed by atoms with E-state index in [0.29, 0.717) is 5.56 Å². The molecule has 1 amide bonds. The predicted molar refractivity (Wildman–Crippen MR) is 82.1 cm³/mol. The number of halogens is 6. The van der Waals surface area contributed by atoms with E-state index in [0.717, 1.165) is 10.9 Å². The zero-order valence-corrected chi connectivity index (χ0v) is 14.1. The molecule has 0 aliphatic heterocycles. The molecule has 1 atom stereocenters. The van der Waals surface area contributed by atoms with E-state index >= 15 is 0 Å². The Morgan fingerprint density at radius 2 is 1.78 bits per heavy atom. The summed E-state index contributed by atoms with van der Waals surface area (Å²) in [6, 6.07) is 4.66. The fourth-order valence-corrected chi connectivity index (χ4v) is 2.24. The first-order valence-corrected chi connectivity index (χ1v) is 7.58. The van der Waals surface area contributed by atoms with Crippen molar-refractivity contribution in [3.63, 3.8) is 0 Å². The lowest BCUT2D eigenvalue weighted by atomic mass is 10.1. The summed E-state index contributed by atoms with van der Waals surface area (Å²) in [7, 11) is 1.26. The van der Waals surface area contributed by atoms with Crippen molar-refractivity contribution >= 4 is 5.91 Å². The number of benzene rings is 1. The molecule has 2 rings (SSSR count). The van der Waals surface area contributed by atoms with Crippen LogP contribution in [-0.2, 0) is 13.2 Å². The van der Waals surface area contributed by atoms with Gasteiger partial charge in [-0.3, -0.25) is 9.48 Å². The average Bonchev–Trinajstić information content (AvgIpc) is 2.95. The van der Waals surface area contributed by atoms with Crippen LogP contribution in [0.25, 0.3) is 0 Å². The van der Waals surface area contributed by atoms with Gasteiger partial charge in [0.25, 0.3) is 5.91 Å². The molecule has 0 saturated heterocycles. The molecule has 0 saturated carbocycles. The number of hydrogen-bond acceptors (Lipinski definition) is 3. The Hall–Kier alpha value is -2.72. The van der Waals surface area contributed by atoms with Crippen LogP contribution in [0.2, 0.25) is 0 Å². The van der Waals surface area contributed by atoms with Gasteiger partial charge in [0.2, 0.25) is 0 Å². The smallest absolute Gasteiger partial charge is 0.435 e. The molecule has 2 aromatic rings. The van der Waals surface area contributed by atoms with Gasteiger partial charge in [0.1, 0.15) is 5.75 Å². The van der Waals surface area contributed by atoms with Crippen molar-refractivity contribution in [1.29, 1.82) is 0 Å². The molecule has 148 valence electrons. The molecule has 0 radical (unpaired) electrons. The summed E-state index contributed by atoms with van der Waals surface area (Å²) >= 11 is 0. The van der Waals surface area contributed by atoms with E-state index in [1.807, 2.05) is 0 Å². The Balaban J connectivity index is 2.07. The van der Waals surface area contributed by atoms with E-state index < -0.39 is 42.2 Å². The van der Waals surface area contributed by atoms with Gasteiger partial charge in [-0.1, -0.05) is 12.1 Å². The van der Waals surface area contributed by atoms with Crippen molar-refractivity contribution in [3.05, 3.63) is 47.3 Å². The Bertz CT molecular complexity index is 796. The molecule has 0 fully saturated rings. The maximum atomic E-state index is 12.9. The number of nitrogens with zero attached hydrogens (tertiary/aromatic N) is 2. The zero-order chi connectivity index (χ0) is 20.4. The van der Waals surface area contributed by atoms with Gasteiger partial charge in [0.15, 0.2) is 12.3 Å². The lowest BCUT2D eigenvalue weighted by Gasteiger charge is -2.15. The van der Waals surface area contributed by atoms with Gasteiger partial charge in [-0.25, -0.2) is 0 Å². The lowest BCUT2D eigenvalue weighted by molar-refractivity contribution is -0.153. The van der Waals surface area contributed by atoms with E-state index in [1.165, 1.54) is 38.2 Å². The van der Waals surface area contributed by atoms with Gasteiger partial charge in [0.05, 0.1) is 11.6 Å². The van der Waals surface area contributed by atoms with E-state index in [2.05, 4.69) is 15.2 Å². The monoisotopic (exact) mass is 395 g/mol. The van der Waals surface area contributed by atoms with Crippen molar-refractivity contribution in [2.45, 2.75) is 25.3 Å². The average molecular weight is 395 g/mol. The van der Waals surface area contributed by atoms with Crippen LogP contribution < -0.4 is 10.1 Å². The SMILES string of the molecule is CC(NC(=O)c1cn(C)nc1C(F)(F)F)c1ccc(OCC(F)(F)F)cc1. The molecular formula is C16H15F6N3O2. The number of rotatable bonds is 5. The molecule has 0 bridgehead atoms. The van der Waals surface area contributed by atoms with E-state index in [4.69, 9.17) is 0 Å². The number of alkyl halides is 6. The Morgan fingerprint density at radius 1 is 1.19 bits per heavy atom. The summed E-state index contributed by atoms with van der Waals surface area (Å²) in [5.74, 6) is -0.999. The van der Waals surface area contributed by atoms with Gasteiger partial charge < -0.3 is 10.1 Å². The van der Waals surface area contributed by atoms with Gasteiger partial charge in [-0.2, -0.15) is 31.4 Å². The second-order valence-electron chi connectivity index (χ2n) is 5.73. The number of hydrogen-bond donors (Lipinski definition) is 1. The van der Waals surface area contributed by atoms with Gasteiger partial charge in [0, 0.05) is 13.2 Å². The standard InChI is InChI=1S/C16H15F6N3O2/c1-9(10-3-5-11(6-4-10)27-8-15(17,18)19)23-14(26)12-7-25(2)24-13(12)16(20,21)22/h3-7,9H,8H2,1-2H3,(H,23,26). The summed E-state index contributed by atoms with van der Waals surface area (Å²) in [6.45, 7) is 0.0764. The largest absolute Gasteiger partial charge is 0.484 e. The van der Waals surface area contributed by atoms with Crippen LogP contribution >= 0.6 is 0 Å².